The molecule has 60 valence electrons. The number of pyridine rings is 1. The molecule has 0 spiro atoms. The lowest BCUT2D eigenvalue weighted by molar-refractivity contribution is 0.600. The summed E-state index contributed by atoms with van der Waals surface area (Å²) in [5.41, 5.74) is 3.51. The zero-order valence-corrected chi connectivity index (χ0v) is 6.97. The summed E-state index contributed by atoms with van der Waals surface area (Å²) in [6, 6.07) is 3.76. The van der Waals surface area contributed by atoms with Crippen molar-refractivity contribution in [2.24, 2.45) is 5.84 Å². The van der Waals surface area contributed by atoms with E-state index in [0.717, 1.165) is 5.56 Å². The zero-order valence-electron chi connectivity index (χ0n) is 6.21. The van der Waals surface area contributed by atoms with Gasteiger partial charge in [-0.05, 0) is 13.0 Å². The summed E-state index contributed by atoms with van der Waals surface area (Å²) in [5, 5.41) is 0.498. The number of nitrogens with two attached hydrogens (primary N) is 1. The largest absolute Gasteiger partial charge is 0.271 e. The third kappa shape index (κ3) is 1.89. The first-order valence-corrected chi connectivity index (χ1v) is 3.70. The first-order valence-electron chi connectivity index (χ1n) is 3.32. The average Bonchev–Trinajstić information content (AvgIpc) is 2.04. The van der Waals surface area contributed by atoms with E-state index in [1.54, 1.807) is 6.20 Å². The van der Waals surface area contributed by atoms with E-state index in [4.69, 9.17) is 17.4 Å². The Balaban J connectivity index is 2.93. The SMILES string of the molecule is C[C@H](NN)c1cccnc1Cl. The van der Waals surface area contributed by atoms with Crippen LogP contribution < -0.4 is 11.3 Å². The van der Waals surface area contributed by atoms with Gasteiger partial charge in [0.25, 0.3) is 0 Å². The van der Waals surface area contributed by atoms with Gasteiger partial charge in [-0.25, -0.2) is 4.98 Å². The number of hydrazine groups is 1. The maximum Gasteiger partial charge on any atom is 0.133 e. The van der Waals surface area contributed by atoms with Gasteiger partial charge in [0.05, 0.1) is 0 Å². The van der Waals surface area contributed by atoms with Gasteiger partial charge < -0.3 is 0 Å². The second-order valence-corrected chi connectivity index (χ2v) is 2.63. The van der Waals surface area contributed by atoms with Gasteiger partial charge in [0, 0.05) is 17.8 Å². The molecular weight excluding hydrogens is 162 g/mol. The fraction of sp³-hybridized carbons (Fsp3) is 0.286. The molecule has 11 heavy (non-hydrogen) atoms. The Hall–Kier alpha value is -0.640. The van der Waals surface area contributed by atoms with Crippen LogP contribution in [-0.4, -0.2) is 4.98 Å². The predicted octanol–water partition coefficient (Wildman–Crippen LogP) is 1.26. The van der Waals surface area contributed by atoms with Crippen LogP contribution in [-0.2, 0) is 0 Å². The van der Waals surface area contributed by atoms with E-state index in [-0.39, 0.29) is 6.04 Å². The summed E-state index contributed by atoms with van der Waals surface area (Å²) in [6.45, 7) is 1.92. The normalized spacial score (nSPS) is 13.0. The van der Waals surface area contributed by atoms with E-state index in [0.29, 0.717) is 5.15 Å². The van der Waals surface area contributed by atoms with Gasteiger partial charge in [-0.15, -0.1) is 0 Å². The van der Waals surface area contributed by atoms with Crippen LogP contribution in [0.2, 0.25) is 5.15 Å². The Labute approximate surface area is 70.5 Å². The fourth-order valence-corrected chi connectivity index (χ4v) is 1.09. The molecule has 1 atom stereocenters. The van der Waals surface area contributed by atoms with Crippen molar-refractivity contribution in [3.63, 3.8) is 0 Å². The van der Waals surface area contributed by atoms with Crippen LogP contribution in [0, 0.1) is 0 Å². The highest BCUT2D eigenvalue weighted by Crippen LogP contribution is 2.18. The van der Waals surface area contributed by atoms with E-state index in [2.05, 4.69) is 10.4 Å². The Bertz CT molecular complexity index is 239. The maximum atomic E-state index is 5.79. The summed E-state index contributed by atoms with van der Waals surface area (Å²) in [6.07, 6.45) is 1.65. The van der Waals surface area contributed by atoms with Crippen LogP contribution in [0.5, 0.6) is 0 Å². The second kappa shape index (κ2) is 3.67. The standard InChI is InChI=1S/C7H10ClN3/c1-5(11-9)6-3-2-4-10-7(6)8/h2-5,11H,9H2,1H3/t5-/m0/s1. The molecule has 0 aliphatic carbocycles. The van der Waals surface area contributed by atoms with Crippen LogP contribution in [0.1, 0.15) is 18.5 Å². The molecule has 4 heteroatoms. The molecule has 0 aliphatic heterocycles. The lowest BCUT2D eigenvalue weighted by atomic mass is 10.1. The van der Waals surface area contributed by atoms with Gasteiger partial charge in [-0.2, -0.15) is 0 Å². The Morgan fingerprint density at radius 2 is 2.45 bits per heavy atom. The number of hydrogen-bond acceptors (Lipinski definition) is 3. The lowest BCUT2D eigenvalue weighted by Crippen LogP contribution is -2.25. The first kappa shape index (κ1) is 8.46. The molecule has 0 unspecified atom stereocenters. The van der Waals surface area contributed by atoms with E-state index in [9.17, 15) is 0 Å². The Morgan fingerprint density at radius 1 is 1.73 bits per heavy atom. The zero-order chi connectivity index (χ0) is 8.27. The quantitative estimate of drug-likeness (QED) is 0.400. The third-order valence-corrected chi connectivity index (χ3v) is 1.82. The highest BCUT2D eigenvalue weighted by molar-refractivity contribution is 6.30. The summed E-state index contributed by atoms with van der Waals surface area (Å²) >= 11 is 5.79. The van der Waals surface area contributed by atoms with Crippen molar-refractivity contribution < 1.29 is 0 Å². The molecule has 0 bridgehead atoms. The first-order chi connectivity index (χ1) is 5.25. The third-order valence-electron chi connectivity index (χ3n) is 1.50. The molecular formula is C7H10ClN3. The van der Waals surface area contributed by atoms with Crippen molar-refractivity contribution in [2.45, 2.75) is 13.0 Å². The van der Waals surface area contributed by atoms with Crippen LogP contribution in [0.3, 0.4) is 0 Å². The number of aromatic nitrogens is 1. The molecule has 1 aromatic rings. The van der Waals surface area contributed by atoms with Crippen molar-refractivity contribution in [1.82, 2.24) is 10.4 Å². The van der Waals surface area contributed by atoms with E-state index in [1.807, 2.05) is 19.1 Å². The molecule has 3 N–H and O–H groups in total. The number of nitrogens with zero attached hydrogens (tertiary/aromatic N) is 1. The second-order valence-electron chi connectivity index (χ2n) is 2.27. The topological polar surface area (TPSA) is 50.9 Å². The minimum Gasteiger partial charge on any atom is -0.271 e. The van der Waals surface area contributed by atoms with Gasteiger partial charge >= 0.3 is 0 Å². The number of halogens is 1. The summed E-state index contributed by atoms with van der Waals surface area (Å²) in [7, 11) is 0. The molecule has 0 saturated heterocycles. The number of nitrogens with one attached hydrogen (secondary N) is 1. The molecule has 1 heterocycles. The summed E-state index contributed by atoms with van der Waals surface area (Å²) in [5.74, 6) is 5.24. The molecule has 0 fully saturated rings. The monoisotopic (exact) mass is 171 g/mol. The Kier molecular flexibility index (Phi) is 2.82. The van der Waals surface area contributed by atoms with Gasteiger partial charge in [-0.1, -0.05) is 17.7 Å². The van der Waals surface area contributed by atoms with E-state index in [1.165, 1.54) is 0 Å². The average molecular weight is 172 g/mol. The maximum absolute atomic E-state index is 5.79. The van der Waals surface area contributed by atoms with Crippen molar-refractivity contribution in [2.75, 3.05) is 0 Å². The van der Waals surface area contributed by atoms with Crippen molar-refractivity contribution in [3.8, 4) is 0 Å². The molecule has 1 rings (SSSR count). The molecule has 3 nitrogen and oxygen atoms in total. The number of rotatable bonds is 2. The lowest BCUT2D eigenvalue weighted by Gasteiger charge is -2.10. The minimum absolute atomic E-state index is 0.0381. The highest BCUT2D eigenvalue weighted by atomic mass is 35.5. The molecule has 0 amide bonds. The molecule has 1 aromatic heterocycles. The van der Waals surface area contributed by atoms with Crippen LogP contribution in [0.25, 0.3) is 0 Å². The van der Waals surface area contributed by atoms with Gasteiger partial charge in [0.1, 0.15) is 5.15 Å². The smallest absolute Gasteiger partial charge is 0.133 e. The molecule has 0 aliphatic rings. The van der Waals surface area contributed by atoms with E-state index < -0.39 is 0 Å². The van der Waals surface area contributed by atoms with E-state index >= 15 is 0 Å². The number of hydrogen-bond donors (Lipinski definition) is 2. The predicted molar refractivity (Wildman–Crippen MR) is 45.0 cm³/mol. The van der Waals surface area contributed by atoms with Crippen LogP contribution in [0.4, 0.5) is 0 Å². The summed E-state index contributed by atoms with van der Waals surface area (Å²) in [4.78, 5) is 3.92. The van der Waals surface area contributed by atoms with Gasteiger partial charge in [0.2, 0.25) is 0 Å². The molecule has 0 aromatic carbocycles. The minimum atomic E-state index is 0.0381. The van der Waals surface area contributed by atoms with Crippen molar-refractivity contribution in [3.05, 3.63) is 29.0 Å². The van der Waals surface area contributed by atoms with Crippen molar-refractivity contribution >= 4 is 11.6 Å². The molecule has 0 radical (unpaired) electrons. The van der Waals surface area contributed by atoms with Gasteiger partial charge in [-0.3, -0.25) is 11.3 Å². The molecule has 0 saturated carbocycles. The fourth-order valence-electron chi connectivity index (χ4n) is 0.811. The van der Waals surface area contributed by atoms with Crippen molar-refractivity contribution in [1.29, 1.82) is 0 Å². The summed E-state index contributed by atoms with van der Waals surface area (Å²) < 4.78 is 0. The van der Waals surface area contributed by atoms with Gasteiger partial charge in [0.15, 0.2) is 0 Å². The van der Waals surface area contributed by atoms with Crippen LogP contribution in [0.15, 0.2) is 18.3 Å². The highest BCUT2D eigenvalue weighted by Gasteiger charge is 2.06. The van der Waals surface area contributed by atoms with Crippen LogP contribution >= 0.6 is 11.6 Å². The Morgan fingerprint density at radius 3 is 3.00 bits per heavy atom.